The standard InChI is InChI=1S/C22H24N2O3/c1-4-11-24-22(25)19(14-23)12-17-9-10-20(21(13-17)26-3)27-15-18-8-6-5-7-16(18)2/h5-10,12-13H,4,11,15H2,1-3H3,(H,24,25)/b19-12-. The van der Waals surface area contributed by atoms with Crippen LogP contribution in [0, 0.1) is 18.3 Å². The van der Waals surface area contributed by atoms with E-state index in [1.807, 2.05) is 44.2 Å². The molecule has 27 heavy (non-hydrogen) atoms. The number of rotatable bonds is 8. The molecule has 2 rings (SSSR count). The molecule has 0 aromatic heterocycles. The predicted molar refractivity (Wildman–Crippen MR) is 105 cm³/mol. The van der Waals surface area contributed by atoms with E-state index in [0.717, 1.165) is 17.5 Å². The number of hydrogen-bond acceptors (Lipinski definition) is 4. The highest BCUT2D eigenvalue weighted by molar-refractivity contribution is 6.01. The Kier molecular flexibility index (Phi) is 7.45. The normalized spacial score (nSPS) is 10.8. The average molecular weight is 364 g/mol. The zero-order chi connectivity index (χ0) is 19.6. The maximum absolute atomic E-state index is 12.0. The molecule has 0 fully saturated rings. The molecule has 2 aromatic rings. The first-order valence-corrected chi connectivity index (χ1v) is 8.84. The van der Waals surface area contributed by atoms with E-state index in [2.05, 4.69) is 5.32 Å². The van der Waals surface area contributed by atoms with E-state index < -0.39 is 0 Å². The summed E-state index contributed by atoms with van der Waals surface area (Å²) in [6.45, 7) is 4.96. The topological polar surface area (TPSA) is 71.4 Å². The van der Waals surface area contributed by atoms with Crippen molar-refractivity contribution in [2.24, 2.45) is 0 Å². The van der Waals surface area contributed by atoms with Crippen LogP contribution in [0.1, 0.15) is 30.0 Å². The molecular formula is C22H24N2O3. The zero-order valence-electron chi connectivity index (χ0n) is 15.9. The Morgan fingerprint density at radius 3 is 2.67 bits per heavy atom. The van der Waals surface area contributed by atoms with Gasteiger partial charge in [0.25, 0.3) is 5.91 Å². The minimum absolute atomic E-state index is 0.0547. The summed E-state index contributed by atoms with van der Waals surface area (Å²) >= 11 is 0. The van der Waals surface area contributed by atoms with Crippen molar-refractivity contribution in [3.8, 4) is 17.6 Å². The molecule has 0 bridgehead atoms. The summed E-state index contributed by atoms with van der Waals surface area (Å²) in [6.07, 6.45) is 2.35. The van der Waals surface area contributed by atoms with Gasteiger partial charge in [-0.15, -0.1) is 0 Å². The quantitative estimate of drug-likeness (QED) is 0.567. The second kappa shape index (κ2) is 10.0. The SMILES string of the molecule is CCCNC(=O)/C(C#N)=C\c1ccc(OCc2ccccc2C)c(OC)c1. The van der Waals surface area contributed by atoms with Crippen molar-refractivity contribution in [1.29, 1.82) is 5.26 Å². The number of ether oxygens (including phenoxy) is 2. The van der Waals surface area contributed by atoms with E-state index in [4.69, 9.17) is 9.47 Å². The largest absolute Gasteiger partial charge is 0.493 e. The van der Waals surface area contributed by atoms with Gasteiger partial charge in [0.2, 0.25) is 0 Å². The van der Waals surface area contributed by atoms with Gasteiger partial charge in [-0.1, -0.05) is 37.3 Å². The Labute approximate surface area is 160 Å². The van der Waals surface area contributed by atoms with Crippen LogP contribution in [0.3, 0.4) is 0 Å². The Bertz CT molecular complexity index is 866. The van der Waals surface area contributed by atoms with E-state index in [9.17, 15) is 10.1 Å². The van der Waals surface area contributed by atoms with E-state index in [0.29, 0.717) is 30.2 Å². The third-order valence-electron chi connectivity index (χ3n) is 4.04. The zero-order valence-corrected chi connectivity index (χ0v) is 15.9. The van der Waals surface area contributed by atoms with Crippen molar-refractivity contribution in [2.45, 2.75) is 26.9 Å². The molecule has 0 atom stereocenters. The highest BCUT2D eigenvalue weighted by Crippen LogP contribution is 2.30. The Morgan fingerprint density at radius 2 is 2.00 bits per heavy atom. The van der Waals surface area contributed by atoms with Crippen molar-refractivity contribution in [2.75, 3.05) is 13.7 Å². The Hall–Kier alpha value is -3.26. The molecule has 5 heteroatoms. The first kappa shape index (κ1) is 20.1. The van der Waals surface area contributed by atoms with E-state index in [1.54, 1.807) is 31.4 Å². The number of carbonyl (C=O) groups excluding carboxylic acids is 1. The van der Waals surface area contributed by atoms with Gasteiger partial charge in [-0.25, -0.2) is 0 Å². The second-order valence-corrected chi connectivity index (χ2v) is 6.05. The van der Waals surface area contributed by atoms with Gasteiger partial charge in [0.1, 0.15) is 18.2 Å². The van der Waals surface area contributed by atoms with E-state index >= 15 is 0 Å². The van der Waals surface area contributed by atoms with Crippen LogP contribution in [0.2, 0.25) is 0 Å². The lowest BCUT2D eigenvalue weighted by Crippen LogP contribution is -2.25. The van der Waals surface area contributed by atoms with Crippen LogP contribution in [0.25, 0.3) is 6.08 Å². The summed E-state index contributed by atoms with van der Waals surface area (Å²) in [4.78, 5) is 12.0. The molecule has 0 unspecified atom stereocenters. The fraction of sp³-hybridized carbons (Fsp3) is 0.273. The molecule has 2 aromatic carbocycles. The smallest absolute Gasteiger partial charge is 0.261 e. The average Bonchev–Trinajstić information content (AvgIpc) is 2.69. The number of nitriles is 1. The number of aryl methyl sites for hydroxylation is 1. The first-order chi connectivity index (χ1) is 13.1. The van der Waals surface area contributed by atoms with Crippen molar-refractivity contribution < 1.29 is 14.3 Å². The maximum Gasteiger partial charge on any atom is 0.261 e. The number of nitrogens with zero attached hydrogens (tertiary/aromatic N) is 1. The van der Waals surface area contributed by atoms with Gasteiger partial charge < -0.3 is 14.8 Å². The van der Waals surface area contributed by atoms with E-state index in [-0.39, 0.29) is 11.5 Å². The highest BCUT2D eigenvalue weighted by Gasteiger charge is 2.10. The third kappa shape index (κ3) is 5.61. The number of carbonyl (C=O) groups is 1. The Balaban J connectivity index is 2.17. The molecule has 0 aliphatic heterocycles. The summed E-state index contributed by atoms with van der Waals surface area (Å²) in [7, 11) is 1.56. The van der Waals surface area contributed by atoms with Crippen LogP contribution < -0.4 is 14.8 Å². The fourth-order valence-electron chi connectivity index (χ4n) is 2.47. The summed E-state index contributed by atoms with van der Waals surface area (Å²) in [5, 5.41) is 11.9. The molecule has 1 N–H and O–H groups in total. The lowest BCUT2D eigenvalue weighted by atomic mass is 10.1. The molecule has 5 nitrogen and oxygen atoms in total. The molecular weight excluding hydrogens is 340 g/mol. The minimum Gasteiger partial charge on any atom is -0.493 e. The van der Waals surface area contributed by atoms with Gasteiger partial charge in [-0.3, -0.25) is 4.79 Å². The second-order valence-electron chi connectivity index (χ2n) is 6.05. The fourth-order valence-corrected chi connectivity index (χ4v) is 2.47. The van der Waals surface area contributed by atoms with Gasteiger partial charge in [0.05, 0.1) is 7.11 Å². The summed E-state index contributed by atoms with van der Waals surface area (Å²) in [5.74, 6) is 0.772. The minimum atomic E-state index is -0.377. The Morgan fingerprint density at radius 1 is 1.22 bits per heavy atom. The van der Waals surface area contributed by atoms with Crippen molar-refractivity contribution >= 4 is 12.0 Å². The monoisotopic (exact) mass is 364 g/mol. The molecule has 0 saturated heterocycles. The van der Waals surface area contributed by atoms with Gasteiger partial charge in [0.15, 0.2) is 11.5 Å². The first-order valence-electron chi connectivity index (χ1n) is 8.84. The summed E-state index contributed by atoms with van der Waals surface area (Å²) in [6, 6.07) is 15.3. The van der Waals surface area contributed by atoms with Crippen LogP contribution >= 0.6 is 0 Å². The van der Waals surface area contributed by atoms with Gasteiger partial charge in [-0.05, 0) is 48.2 Å². The molecule has 0 saturated carbocycles. The predicted octanol–water partition coefficient (Wildman–Crippen LogP) is 4.02. The number of hydrogen-bond donors (Lipinski definition) is 1. The molecule has 0 spiro atoms. The van der Waals surface area contributed by atoms with Crippen molar-refractivity contribution in [1.82, 2.24) is 5.32 Å². The van der Waals surface area contributed by atoms with Crippen LogP contribution in [0.5, 0.6) is 11.5 Å². The molecule has 140 valence electrons. The molecule has 1 amide bonds. The molecule has 0 heterocycles. The van der Waals surface area contributed by atoms with Gasteiger partial charge in [-0.2, -0.15) is 5.26 Å². The highest BCUT2D eigenvalue weighted by atomic mass is 16.5. The number of methoxy groups -OCH3 is 1. The number of amides is 1. The molecule has 0 radical (unpaired) electrons. The molecule has 0 aliphatic rings. The van der Waals surface area contributed by atoms with E-state index in [1.165, 1.54) is 0 Å². The van der Waals surface area contributed by atoms with Crippen LogP contribution in [0.15, 0.2) is 48.0 Å². The van der Waals surface area contributed by atoms with Crippen LogP contribution in [-0.4, -0.2) is 19.6 Å². The number of nitrogens with one attached hydrogen (secondary N) is 1. The number of benzene rings is 2. The lowest BCUT2D eigenvalue weighted by Gasteiger charge is -2.12. The van der Waals surface area contributed by atoms with Crippen molar-refractivity contribution in [3.05, 3.63) is 64.7 Å². The lowest BCUT2D eigenvalue weighted by molar-refractivity contribution is -0.117. The molecule has 0 aliphatic carbocycles. The van der Waals surface area contributed by atoms with Crippen LogP contribution in [-0.2, 0) is 11.4 Å². The maximum atomic E-state index is 12.0. The summed E-state index contributed by atoms with van der Waals surface area (Å²) in [5.41, 5.74) is 3.01. The summed E-state index contributed by atoms with van der Waals surface area (Å²) < 4.78 is 11.3. The van der Waals surface area contributed by atoms with Gasteiger partial charge >= 0.3 is 0 Å². The third-order valence-corrected chi connectivity index (χ3v) is 4.04. The van der Waals surface area contributed by atoms with Crippen LogP contribution in [0.4, 0.5) is 0 Å². The van der Waals surface area contributed by atoms with Crippen molar-refractivity contribution in [3.63, 3.8) is 0 Å². The van der Waals surface area contributed by atoms with Gasteiger partial charge in [0, 0.05) is 6.54 Å².